The van der Waals surface area contributed by atoms with Crippen molar-refractivity contribution < 1.29 is 28.8 Å². The molecule has 2 aliphatic rings. The third-order valence-corrected chi connectivity index (χ3v) is 8.09. The number of nitrogens with one attached hydrogen (secondary N) is 3. The summed E-state index contributed by atoms with van der Waals surface area (Å²) in [7, 11) is 0. The molecule has 0 aromatic rings. The molecule has 0 radical (unpaired) electrons. The Morgan fingerprint density at radius 3 is 2.26 bits per heavy atom. The molecule has 1 heterocycles. The van der Waals surface area contributed by atoms with E-state index < -0.39 is 12.1 Å². The lowest BCUT2D eigenvalue weighted by Gasteiger charge is -2.27. The number of hydrogen-bond acceptors (Lipinski definition) is 6. The number of carbonyl (C=O) groups excluding carboxylic acids is 6. The molecule has 1 aliphatic heterocycles. The minimum absolute atomic E-state index is 0.103. The molecule has 0 saturated carbocycles. The van der Waals surface area contributed by atoms with Gasteiger partial charge in [-0.05, 0) is 79.1 Å². The van der Waals surface area contributed by atoms with Gasteiger partial charge in [0.15, 0.2) is 11.6 Å². The van der Waals surface area contributed by atoms with Gasteiger partial charge in [-0.2, -0.15) is 0 Å². The Morgan fingerprint density at radius 1 is 0.953 bits per heavy atom. The molecule has 238 valence electrons. The minimum atomic E-state index is -0.791. The van der Waals surface area contributed by atoms with Gasteiger partial charge in [-0.25, -0.2) is 0 Å². The Hall–Kier alpha value is -3.56. The average molecular weight is 599 g/mol. The highest BCUT2D eigenvalue weighted by molar-refractivity contribution is 6.24. The minimum Gasteiger partial charge on any atom is -0.352 e. The molecule has 1 aliphatic carbocycles. The number of allylic oxidation sites excluding steroid dienone is 4. The van der Waals surface area contributed by atoms with Gasteiger partial charge in [-0.1, -0.05) is 32.4 Å². The molecule has 0 aromatic heterocycles. The zero-order valence-corrected chi connectivity index (χ0v) is 26.9. The molecule has 3 atom stereocenters. The third kappa shape index (κ3) is 10.3. The van der Waals surface area contributed by atoms with Crippen LogP contribution in [0, 0.1) is 5.92 Å². The normalized spacial score (nSPS) is 19.0. The van der Waals surface area contributed by atoms with E-state index >= 15 is 0 Å². The first-order chi connectivity index (χ1) is 20.3. The molecule has 10 heteroatoms. The topological polar surface area (TPSA) is 142 Å². The highest BCUT2D eigenvalue weighted by Gasteiger charge is 2.35. The summed E-state index contributed by atoms with van der Waals surface area (Å²) in [5.74, 6) is -0.671. The van der Waals surface area contributed by atoms with Gasteiger partial charge in [-0.3, -0.25) is 28.8 Å². The summed E-state index contributed by atoms with van der Waals surface area (Å²) in [4.78, 5) is 77.1. The maximum atomic E-state index is 13.4. The van der Waals surface area contributed by atoms with Crippen molar-refractivity contribution in [2.24, 2.45) is 5.92 Å². The maximum absolute atomic E-state index is 13.4. The van der Waals surface area contributed by atoms with Crippen molar-refractivity contribution >= 4 is 35.7 Å². The first kappa shape index (κ1) is 35.6. The second-order valence-electron chi connectivity index (χ2n) is 12.4. The molecule has 43 heavy (non-hydrogen) atoms. The highest BCUT2D eigenvalue weighted by atomic mass is 16.2. The number of rotatable bonds is 16. The van der Waals surface area contributed by atoms with Crippen molar-refractivity contribution in [3.63, 3.8) is 0 Å². The van der Waals surface area contributed by atoms with Gasteiger partial charge >= 0.3 is 0 Å². The second-order valence-corrected chi connectivity index (χ2v) is 12.4. The van der Waals surface area contributed by atoms with Crippen LogP contribution in [0.4, 0.5) is 0 Å². The SMILES string of the molecule is CC1=C(C)C(=O)C(CCCCC(NC(=O)C2CCCN2C(=O)C/C=C/C(CC(C)C)NC=O)C(=O)NC(C)C)=C(C)C1=O. The van der Waals surface area contributed by atoms with Crippen LogP contribution >= 0.6 is 0 Å². The van der Waals surface area contributed by atoms with Gasteiger partial charge in [0, 0.05) is 47.3 Å². The van der Waals surface area contributed by atoms with Crippen molar-refractivity contribution in [2.45, 2.75) is 124 Å². The molecule has 10 nitrogen and oxygen atoms in total. The number of ketones is 2. The van der Waals surface area contributed by atoms with Crippen LogP contribution < -0.4 is 16.0 Å². The van der Waals surface area contributed by atoms with Gasteiger partial charge in [0.25, 0.3) is 0 Å². The van der Waals surface area contributed by atoms with Crippen LogP contribution in [0.2, 0.25) is 0 Å². The fourth-order valence-electron chi connectivity index (χ4n) is 5.61. The van der Waals surface area contributed by atoms with E-state index in [4.69, 9.17) is 0 Å². The van der Waals surface area contributed by atoms with E-state index in [1.807, 2.05) is 19.9 Å². The fraction of sp³-hybridized carbons (Fsp3) is 0.636. The van der Waals surface area contributed by atoms with E-state index in [1.54, 1.807) is 31.7 Å². The van der Waals surface area contributed by atoms with E-state index in [9.17, 15) is 28.8 Å². The first-order valence-electron chi connectivity index (χ1n) is 15.5. The van der Waals surface area contributed by atoms with Gasteiger partial charge in [0.05, 0.1) is 0 Å². The Bertz CT molecular complexity index is 1170. The fourth-order valence-corrected chi connectivity index (χ4v) is 5.61. The molecule has 3 N–H and O–H groups in total. The third-order valence-electron chi connectivity index (χ3n) is 8.09. The molecule has 0 spiro atoms. The number of hydrogen-bond donors (Lipinski definition) is 3. The summed E-state index contributed by atoms with van der Waals surface area (Å²) >= 11 is 0. The summed E-state index contributed by atoms with van der Waals surface area (Å²) in [6.07, 6.45) is 8.18. The Morgan fingerprint density at radius 2 is 1.63 bits per heavy atom. The van der Waals surface area contributed by atoms with Crippen molar-refractivity contribution in [1.29, 1.82) is 0 Å². The van der Waals surface area contributed by atoms with Gasteiger partial charge in [-0.15, -0.1) is 0 Å². The van der Waals surface area contributed by atoms with Gasteiger partial charge < -0.3 is 20.9 Å². The lowest BCUT2D eigenvalue weighted by molar-refractivity contribution is -0.139. The summed E-state index contributed by atoms with van der Waals surface area (Å²) < 4.78 is 0. The average Bonchev–Trinajstić information content (AvgIpc) is 3.43. The van der Waals surface area contributed by atoms with Gasteiger partial charge in [0.2, 0.25) is 24.1 Å². The van der Waals surface area contributed by atoms with Crippen LogP contribution in [-0.2, 0) is 28.8 Å². The quantitative estimate of drug-likeness (QED) is 0.108. The first-order valence-corrected chi connectivity index (χ1v) is 15.5. The van der Waals surface area contributed by atoms with E-state index in [0.29, 0.717) is 79.7 Å². The molecule has 0 aromatic carbocycles. The zero-order valence-electron chi connectivity index (χ0n) is 26.9. The van der Waals surface area contributed by atoms with Crippen LogP contribution in [0.3, 0.4) is 0 Å². The Kier molecular flexibility index (Phi) is 14.0. The molecular weight excluding hydrogens is 548 g/mol. The van der Waals surface area contributed by atoms with Crippen LogP contribution in [0.15, 0.2) is 34.4 Å². The largest absolute Gasteiger partial charge is 0.352 e. The monoisotopic (exact) mass is 598 g/mol. The Balaban J connectivity index is 2.02. The van der Waals surface area contributed by atoms with E-state index in [0.717, 1.165) is 6.42 Å². The highest BCUT2D eigenvalue weighted by Crippen LogP contribution is 2.28. The predicted octanol–water partition coefficient (Wildman–Crippen LogP) is 3.46. The smallest absolute Gasteiger partial charge is 0.243 e. The van der Waals surface area contributed by atoms with Crippen molar-refractivity contribution in [2.75, 3.05) is 6.54 Å². The second kappa shape index (κ2) is 16.9. The van der Waals surface area contributed by atoms with E-state index in [-0.39, 0.29) is 47.8 Å². The molecular formula is C33H50N4O6. The molecule has 0 bridgehead atoms. The molecule has 1 fully saturated rings. The zero-order chi connectivity index (χ0) is 32.3. The number of Topliss-reactive ketones (excluding diaryl/α,β-unsaturated/α-hetero) is 2. The van der Waals surface area contributed by atoms with Crippen LogP contribution in [0.25, 0.3) is 0 Å². The number of amides is 4. The van der Waals surface area contributed by atoms with Crippen LogP contribution in [-0.4, -0.2) is 71.3 Å². The number of likely N-dealkylation sites (tertiary alicyclic amines) is 1. The molecule has 4 amide bonds. The standard InChI is InChI=1S/C33H50N4O6/c1-20(2)18-25(34-19-38)12-10-16-29(39)37-17-11-15-28(37)33(43)36-27(32(42)35-21(3)4)14-9-8-13-26-24(7)30(40)22(5)23(6)31(26)41/h10,12,19-21,25,27-28H,8-9,11,13-18H2,1-7H3,(H,34,38)(H,35,42)(H,36,43)/b12-10+. The van der Waals surface area contributed by atoms with Crippen molar-refractivity contribution in [3.05, 3.63) is 34.4 Å². The predicted molar refractivity (Wildman–Crippen MR) is 166 cm³/mol. The number of nitrogens with zero attached hydrogens (tertiary/aromatic N) is 1. The lowest BCUT2D eigenvalue weighted by Crippen LogP contribution is -2.53. The molecule has 1 saturated heterocycles. The molecule has 2 rings (SSSR count). The lowest BCUT2D eigenvalue weighted by atomic mass is 9.84. The van der Waals surface area contributed by atoms with Crippen molar-refractivity contribution in [1.82, 2.24) is 20.9 Å². The van der Waals surface area contributed by atoms with Crippen molar-refractivity contribution in [3.8, 4) is 0 Å². The van der Waals surface area contributed by atoms with E-state index in [1.165, 1.54) is 0 Å². The summed E-state index contributed by atoms with van der Waals surface area (Å²) in [6.45, 7) is 13.3. The Labute approximate surface area is 256 Å². The summed E-state index contributed by atoms with van der Waals surface area (Å²) in [6, 6.07) is -1.73. The number of carbonyl (C=O) groups is 6. The number of unbranched alkanes of at least 4 members (excludes halogenated alkanes) is 1. The maximum Gasteiger partial charge on any atom is 0.243 e. The van der Waals surface area contributed by atoms with E-state index in [2.05, 4.69) is 29.8 Å². The van der Waals surface area contributed by atoms with Crippen LogP contribution in [0.5, 0.6) is 0 Å². The molecule has 3 unspecified atom stereocenters. The van der Waals surface area contributed by atoms with Crippen LogP contribution in [0.1, 0.15) is 99.8 Å². The summed E-state index contributed by atoms with van der Waals surface area (Å²) in [5.41, 5.74) is 1.96. The summed E-state index contributed by atoms with van der Waals surface area (Å²) in [5, 5.41) is 8.50. The van der Waals surface area contributed by atoms with Gasteiger partial charge in [0.1, 0.15) is 12.1 Å².